The minimum absolute atomic E-state index is 0.00243. The van der Waals surface area contributed by atoms with Gasteiger partial charge < -0.3 is 16.2 Å². The van der Waals surface area contributed by atoms with Gasteiger partial charge in [-0.05, 0) is 51.4 Å². The fraction of sp³-hybridized carbons (Fsp3) is 0.923. The van der Waals surface area contributed by atoms with Crippen molar-refractivity contribution in [2.45, 2.75) is 69.6 Å². The molecule has 0 spiro atoms. The van der Waals surface area contributed by atoms with E-state index in [-0.39, 0.29) is 24.0 Å². The van der Waals surface area contributed by atoms with E-state index in [1.54, 1.807) is 0 Å². The van der Waals surface area contributed by atoms with Crippen molar-refractivity contribution in [2.24, 2.45) is 17.4 Å². The van der Waals surface area contributed by atoms with E-state index >= 15 is 0 Å². The van der Waals surface area contributed by atoms with Crippen LogP contribution in [-0.2, 0) is 9.53 Å². The fourth-order valence-corrected chi connectivity index (χ4v) is 2.82. The van der Waals surface area contributed by atoms with Gasteiger partial charge >= 0.3 is 5.97 Å². The van der Waals surface area contributed by atoms with E-state index in [1.165, 1.54) is 0 Å². The minimum Gasteiger partial charge on any atom is -0.462 e. The number of esters is 1. The van der Waals surface area contributed by atoms with Gasteiger partial charge in [0.25, 0.3) is 0 Å². The van der Waals surface area contributed by atoms with Crippen molar-refractivity contribution >= 4 is 5.97 Å². The molecule has 17 heavy (non-hydrogen) atoms. The zero-order valence-electron chi connectivity index (χ0n) is 10.4. The molecule has 0 heterocycles. The predicted molar refractivity (Wildman–Crippen MR) is 66.3 cm³/mol. The molecule has 0 aromatic rings. The number of ether oxygens (including phenoxy) is 1. The summed E-state index contributed by atoms with van der Waals surface area (Å²) in [6, 6.07) is 0.587. The maximum atomic E-state index is 12.0. The van der Waals surface area contributed by atoms with Gasteiger partial charge in [0.05, 0.1) is 5.92 Å². The third kappa shape index (κ3) is 3.68. The van der Waals surface area contributed by atoms with Crippen LogP contribution in [0.25, 0.3) is 0 Å². The van der Waals surface area contributed by atoms with E-state index in [0.717, 1.165) is 51.4 Å². The quantitative estimate of drug-likeness (QED) is 0.713. The lowest BCUT2D eigenvalue weighted by atomic mass is 9.86. The third-order valence-corrected chi connectivity index (χ3v) is 4.11. The molecule has 4 nitrogen and oxygen atoms in total. The SMILES string of the molecule is NC1CCC(OC(=O)C2CCC(N)CC2)CC1. The minimum atomic E-state index is -0.00243. The molecule has 2 fully saturated rings. The third-order valence-electron chi connectivity index (χ3n) is 4.11. The molecule has 0 unspecified atom stereocenters. The normalized spacial score (nSPS) is 38.7. The molecule has 2 saturated carbocycles. The van der Waals surface area contributed by atoms with E-state index in [1.807, 2.05) is 0 Å². The van der Waals surface area contributed by atoms with Crippen molar-refractivity contribution in [1.82, 2.24) is 0 Å². The lowest BCUT2D eigenvalue weighted by molar-refractivity contribution is -0.156. The zero-order valence-corrected chi connectivity index (χ0v) is 10.4. The largest absolute Gasteiger partial charge is 0.462 e. The molecule has 2 rings (SSSR count). The second-order valence-corrected chi connectivity index (χ2v) is 5.59. The summed E-state index contributed by atoms with van der Waals surface area (Å²) in [7, 11) is 0. The van der Waals surface area contributed by atoms with Crippen molar-refractivity contribution in [3.05, 3.63) is 0 Å². The maximum absolute atomic E-state index is 12.0. The van der Waals surface area contributed by atoms with E-state index in [0.29, 0.717) is 6.04 Å². The maximum Gasteiger partial charge on any atom is 0.309 e. The monoisotopic (exact) mass is 240 g/mol. The van der Waals surface area contributed by atoms with E-state index in [9.17, 15) is 4.79 Å². The molecule has 0 aliphatic heterocycles. The van der Waals surface area contributed by atoms with Crippen molar-refractivity contribution in [2.75, 3.05) is 0 Å². The molecule has 0 atom stereocenters. The van der Waals surface area contributed by atoms with Crippen molar-refractivity contribution in [1.29, 1.82) is 0 Å². The van der Waals surface area contributed by atoms with Gasteiger partial charge in [-0.1, -0.05) is 0 Å². The zero-order chi connectivity index (χ0) is 12.3. The number of nitrogens with two attached hydrogens (primary N) is 2. The van der Waals surface area contributed by atoms with Gasteiger partial charge in [0.15, 0.2) is 0 Å². The highest BCUT2D eigenvalue weighted by Crippen LogP contribution is 2.27. The molecule has 4 N–H and O–H groups in total. The summed E-state index contributed by atoms with van der Waals surface area (Å²) in [4.78, 5) is 12.0. The first kappa shape index (κ1) is 12.8. The number of rotatable bonds is 2. The highest BCUT2D eigenvalue weighted by molar-refractivity contribution is 5.72. The molecule has 0 aromatic carbocycles. The van der Waals surface area contributed by atoms with Gasteiger partial charge in [0, 0.05) is 12.1 Å². The van der Waals surface area contributed by atoms with Crippen LogP contribution in [0.5, 0.6) is 0 Å². The number of hydrogen-bond acceptors (Lipinski definition) is 4. The van der Waals surface area contributed by atoms with Crippen LogP contribution in [0, 0.1) is 5.92 Å². The molecule has 4 heteroatoms. The van der Waals surface area contributed by atoms with Crippen LogP contribution in [0.15, 0.2) is 0 Å². The molecule has 98 valence electrons. The number of carbonyl (C=O) groups excluding carboxylic acids is 1. The molecule has 0 amide bonds. The number of carbonyl (C=O) groups is 1. The van der Waals surface area contributed by atoms with Crippen LogP contribution in [0.2, 0.25) is 0 Å². The Kier molecular flexibility index (Phi) is 4.40. The average Bonchev–Trinajstić information content (AvgIpc) is 2.33. The van der Waals surface area contributed by atoms with Crippen LogP contribution in [0.3, 0.4) is 0 Å². The Labute approximate surface area is 103 Å². The predicted octanol–water partition coefficient (Wildman–Crippen LogP) is 1.32. The Morgan fingerprint density at radius 1 is 0.824 bits per heavy atom. The molecule has 0 saturated heterocycles. The smallest absolute Gasteiger partial charge is 0.309 e. The molecule has 0 bridgehead atoms. The fourth-order valence-electron chi connectivity index (χ4n) is 2.82. The van der Waals surface area contributed by atoms with Crippen molar-refractivity contribution < 1.29 is 9.53 Å². The van der Waals surface area contributed by atoms with Crippen LogP contribution in [-0.4, -0.2) is 24.2 Å². The van der Waals surface area contributed by atoms with Gasteiger partial charge in [-0.3, -0.25) is 4.79 Å². The van der Waals surface area contributed by atoms with Gasteiger partial charge in [-0.15, -0.1) is 0 Å². The first-order valence-corrected chi connectivity index (χ1v) is 6.87. The summed E-state index contributed by atoms with van der Waals surface area (Å²) >= 11 is 0. The standard InChI is InChI=1S/C13H24N2O2/c14-10-3-1-9(2-4-10)13(16)17-12-7-5-11(15)6-8-12/h9-12H,1-8,14-15H2. The average molecular weight is 240 g/mol. The Hall–Kier alpha value is -0.610. The highest BCUT2D eigenvalue weighted by atomic mass is 16.5. The first-order chi connectivity index (χ1) is 8.15. The Morgan fingerprint density at radius 3 is 1.82 bits per heavy atom. The highest BCUT2D eigenvalue weighted by Gasteiger charge is 2.29. The number of hydrogen-bond donors (Lipinski definition) is 2. The van der Waals surface area contributed by atoms with Gasteiger partial charge in [-0.25, -0.2) is 0 Å². The first-order valence-electron chi connectivity index (χ1n) is 6.87. The van der Waals surface area contributed by atoms with Crippen LogP contribution >= 0.6 is 0 Å². The second-order valence-electron chi connectivity index (χ2n) is 5.59. The summed E-state index contributed by atoms with van der Waals surface area (Å²) in [6.45, 7) is 0. The van der Waals surface area contributed by atoms with Gasteiger partial charge in [-0.2, -0.15) is 0 Å². The summed E-state index contributed by atoms with van der Waals surface area (Å²) in [5.74, 6) is 0.0859. The molecular formula is C13H24N2O2. The van der Waals surface area contributed by atoms with E-state index in [2.05, 4.69) is 0 Å². The summed E-state index contributed by atoms with van der Waals surface area (Å²) in [6.07, 6.45) is 7.63. The molecular weight excluding hydrogens is 216 g/mol. The lowest BCUT2D eigenvalue weighted by Gasteiger charge is -2.29. The Morgan fingerprint density at radius 2 is 1.29 bits per heavy atom. The Balaban J connectivity index is 1.73. The van der Waals surface area contributed by atoms with Crippen molar-refractivity contribution in [3.8, 4) is 0 Å². The summed E-state index contributed by atoms with van der Waals surface area (Å²) in [5, 5.41) is 0. The van der Waals surface area contributed by atoms with Gasteiger partial charge in [0.1, 0.15) is 6.10 Å². The molecule has 0 aromatic heterocycles. The van der Waals surface area contributed by atoms with Crippen molar-refractivity contribution in [3.63, 3.8) is 0 Å². The molecule has 2 aliphatic carbocycles. The molecule has 0 radical (unpaired) electrons. The van der Waals surface area contributed by atoms with Gasteiger partial charge in [0.2, 0.25) is 0 Å². The van der Waals surface area contributed by atoms with E-state index in [4.69, 9.17) is 16.2 Å². The Bertz CT molecular complexity index is 254. The van der Waals surface area contributed by atoms with E-state index < -0.39 is 0 Å². The van der Waals surface area contributed by atoms with Crippen LogP contribution in [0.1, 0.15) is 51.4 Å². The summed E-state index contributed by atoms with van der Waals surface area (Å²) in [5.41, 5.74) is 11.7. The lowest BCUT2D eigenvalue weighted by Crippen LogP contribution is -2.35. The second kappa shape index (κ2) is 5.83. The molecule has 2 aliphatic rings. The van der Waals surface area contributed by atoms with Crippen LogP contribution in [0.4, 0.5) is 0 Å². The summed E-state index contributed by atoms with van der Waals surface area (Å²) < 4.78 is 5.58. The van der Waals surface area contributed by atoms with Crippen LogP contribution < -0.4 is 11.5 Å². The topological polar surface area (TPSA) is 78.3 Å².